The van der Waals surface area contributed by atoms with Crippen molar-refractivity contribution in [1.29, 1.82) is 0 Å². The number of nitrogens with two attached hydrogens (primary N) is 1. The highest BCUT2D eigenvalue weighted by Gasteiger charge is 2.16. The minimum Gasteiger partial charge on any atom is -0.336 e. The molecule has 2 N–H and O–H groups in total. The molecular weight excluding hydrogens is 268 g/mol. The quantitative estimate of drug-likeness (QED) is 0.695. The summed E-state index contributed by atoms with van der Waals surface area (Å²) >= 11 is 1.62. The summed E-state index contributed by atoms with van der Waals surface area (Å²) in [5.74, 6) is 6.61. The second-order valence-corrected chi connectivity index (χ2v) is 7.34. The number of rotatable bonds is 3. The van der Waals surface area contributed by atoms with Crippen molar-refractivity contribution in [3.8, 4) is 0 Å². The second kappa shape index (κ2) is 5.48. The monoisotopic (exact) mass is 290 g/mol. The Morgan fingerprint density at radius 2 is 1.75 bits per heavy atom. The van der Waals surface area contributed by atoms with Crippen LogP contribution in [0.5, 0.6) is 0 Å². The number of benzene rings is 1. The fourth-order valence-corrected chi connectivity index (χ4v) is 2.85. The van der Waals surface area contributed by atoms with Crippen LogP contribution in [0.25, 0.3) is 0 Å². The second-order valence-electron chi connectivity index (χ2n) is 6.03. The summed E-state index contributed by atoms with van der Waals surface area (Å²) in [5, 5.41) is 9.10. The molecule has 0 spiro atoms. The van der Waals surface area contributed by atoms with Gasteiger partial charge in [-0.25, -0.2) is 4.68 Å². The van der Waals surface area contributed by atoms with Crippen LogP contribution in [0.4, 0.5) is 0 Å². The third-order valence-electron chi connectivity index (χ3n) is 3.36. The molecule has 2 rings (SSSR count). The molecule has 0 fully saturated rings. The fourth-order valence-electron chi connectivity index (χ4n) is 1.91. The smallest absolute Gasteiger partial charge is 0.210 e. The molecule has 0 saturated heterocycles. The molecule has 0 amide bonds. The van der Waals surface area contributed by atoms with Gasteiger partial charge >= 0.3 is 0 Å². The molecule has 1 heterocycles. The van der Waals surface area contributed by atoms with Gasteiger partial charge in [-0.1, -0.05) is 56.8 Å². The van der Waals surface area contributed by atoms with E-state index in [9.17, 15) is 0 Å². The van der Waals surface area contributed by atoms with E-state index < -0.39 is 0 Å². The lowest BCUT2D eigenvalue weighted by molar-refractivity contribution is 0.590. The summed E-state index contributed by atoms with van der Waals surface area (Å²) in [6.07, 6.45) is 0. The van der Waals surface area contributed by atoms with Crippen molar-refractivity contribution in [3.63, 3.8) is 0 Å². The van der Waals surface area contributed by atoms with Gasteiger partial charge in [0.05, 0.1) is 0 Å². The van der Waals surface area contributed by atoms with Crippen LogP contribution in [0.3, 0.4) is 0 Å². The van der Waals surface area contributed by atoms with Crippen molar-refractivity contribution >= 4 is 11.8 Å². The molecule has 0 aliphatic rings. The summed E-state index contributed by atoms with van der Waals surface area (Å²) < 4.78 is 1.53. The minimum atomic E-state index is 0.184. The lowest BCUT2D eigenvalue weighted by Crippen LogP contribution is -2.12. The molecule has 1 atom stereocenters. The van der Waals surface area contributed by atoms with Crippen LogP contribution in [0, 0.1) is 6.92 Å². The number of hydrogen-bond donors (Lipinski definition) is 1. The number of aryl methyl sites for hydroxylation is 1. The zero-order chi connectivity index (χ0) is 14.9. The molecule has 0 radical (unpaired) electrons. The summed E-state index contributed by atoms with van der Waals surface area (Å²) in [5.41, 5.74) is 2.80. The van der Waals surface area contributed by atoms with Gasteiger partial charge in [0, 0.05) is 5.25 Å². The average Bonchev–Trinajstić information content (AvgIpc) is 2.70. The van der Waals surface area contributed by atoms with Gasteiger partial charge in [-0.2, -0.15) is 0 Å². The topological polar surface area (TPSA) is 56.7 Å². The maximum atomic E-state index is 5.88. The van der Waals surface area contributed by atoms with Gasteiger partial charge in [-0.05, 0) is 30.4 Å². The van der Waals surface area contributed by atoms with Crippen LogP contribution in [0.1, 0.15) is 49.9 Å². The molecule has 1 unspecified atom stereocenters. The van der Waals surface area contributed by atoms with Crippen molar-refractivity contribution in [1.82, 2.24) is 14.9 Å². The Morgan fingerprint density at radius 1 is 1.15 bits per heavy atom. The molecule has 0 aliphatic carbocycles. The van der Waals surface area contributed by atoms with Crippen molar-refractivity contribution in [3.05, 3.63) is 41.2 Å². The summed E-state index contributed by atoms with van der Waals surface area (Å²) in [7, 11) is 0. The normalized spacial score (nSPS) is 13.4. The maximum absolute atomic E-state index is 5.88. The van der Waals surface area contributed by atoms with Gasteiger partial charge in [0.25, 0.3) is 0 Å². The standard InChI is InChI=1S/C15H22N4S/c1-10(20-14-18-17-11(2)19(14)16)12-6-8-13(9-7-12)15(3,4)5/h6-10H,16H2,1-5H3. The third kappa shape index (κ3) is 3.15. The van der Waals surface area contributed by atoms with Gasteiger partial charge in [0.1, 0.15) is 5.82 Å². The third-order valence-corrected chi connectivity index (χ3v) is 4.48. The number of hydrogen-bond acceptors (Lipinski definition) is 4. The molecule has 1 aromatic heterocycles. The van der Waals surface area contributed by atoms with Gasteiger partial charge in [0.15, 0.2) is 0 Å². The molecule has 5 heteroatoms. The molecule has 20 heavy (non-hydrogen) atoms. The Balaban J connectivity index is 2.13. The van der Waals surface area contributed by atoms with Gasteiger partial charge in [-0.3, -0.25) is 0 Å². The molecule has 2 aromatic rings. The van der Waals surface area contributed by atoms with Gasteiger partial charge in [0.2, 0.25) is 5.16 Å². The Bertz CT molecular complexity index is 581. The average molecular weight is 290 g/mol. The van der Waals surface area contributed by atoms with E-state index >= 15 is 0 Å². The Hall–Kier alpha value is -1.49. The van der Waals surface area contributed by atoms with Crippen LogP contribution in [0.2, 0.25) is 0 Å². The number of nitrogen functional groups attached to an aromatic ring is 1. The first-order chi connectivity index (χ1) is 9.29. The van der Waals surface area contributed by atoms with E-state index in [0.717, 1.165) is 11.0 Å². The molecule has 108 valence electrons. The van der Waals surface area contributed by atoms with E-state index in [1.54, 1.807) is 11.8 Å². The van der Waals surface area contributed by atoms with Crippen LogP contribution >= 0.6 is 11.8 Å². The molecule has 0 bridgehead atoms. The van der Waals surface area contributed by atoms with E-state index in [-0.39, 0.29) is 10.7 Å². The highest BCUT2D eigenvalue weighted by Crippen LogP contribution is 2.34. The lowest BCUT2D eigenvalue weighted by atomic mass is 9.86. The van der Waals surface area contributed by atoms with E-state index in [1.165, 1.54) is 15.8 Å². The van der Waals surface area contributed by atoms with E-state index in [0.29, 0.717) is 0 Å². The highest BCUT2D eigenvalue weighted by molar-refractivity contribution is 7.99. The first kappa shape index (κ1) is 14.9. The predicted molar refractivity (Wildman–Crippen MR) is 84.3 cm³/mol. The molecule has 4 nitrogen and oxygen atoms in total. The van der Waals surface area contributed by atoms with Crippen molar-refractivity contribution < 1.29 is 0 Å². The van der Waals surface area contributed by atoms with Gasteiger partial charge in [-0.15, -0.1) is 10.2 Å². The largest absolute Gasteiger partial charge is 0.336 e. The van der Waals surface area contributed by atoms with Crippen molar-refractivity contribution in [2.75, 3.05) is 5.84 Å². The van der Waals surface area contributed by atoms with Crippen molar-refractivity contribution in [2.45, 2.75) is 50.4 Å². The summed E-state index contributed by atoms with van der Waals surface area (Å²) in [6.45, 7) is 10.7. The SMILES string of the molecule is Cc1nnc(SC(C)c2ccc(C(C)(C)C)cc2)n1N. The zero-order valence-corrected chi connectivity index (χ0v) is 13.5. The van der Waals surface area contributed by atoms with E-state index in [4.69, 9.17) is 5.84 Å². The molecule has 1 aromatic carbocycles. The first-order valence-corrected chi connectivity index (χ1v) is 7.61. The lowest BCUT2D eigenvalue weighted by Gasteiger charge is -2.20. The van der Waals surface area contributed by atoms with Gasteiger partial charge < -0.3 is 5.84 Å². The zero-order valence-electron chi connectivity index (χ0n) is 12.7. The number of thioether (sulfide) groups is 1. The highest BCUT2D eigenvalue weighted by atomic mass is 32.2. The van der Waals surface area contributed by atoms with Crippen LogP contribution in [0.15, 0.2) is 29.4 Å². The fraction of sp³-hybridized carbons (Fsp3) is 0.467. The Labute approximate surface area is 124 Å². The molecule has 0 aliphatic heterocycles. The van der Waals surface area contributed by atoms with Crippen LogP contribution in [-0.4, -0.2) is 14.9 Å². The van der Waals surface area contributed by atoms with E-state index in [1.807, 2.05) is 6.92 Å². The maximum Gasteiger partial charge on any atom is 0.210 e. The predicted octanol–water partition coefficient (Wildman–Crippen LogP) is 3.45. The number of nitrogens with zero attached hydrogens (tertiary/aromatic N) is 3. The molecule has 0 saturated carbocycles. The Kier molecular flexibility index (Phi) is 4.09. The van der Waals surface area contributed by atoms with Crippen LogP contribution in [-0.2, 0) is 5.41 Å². The van der Waals surface area contributed by atoms with E-state index in [2.05, 4.69) is 62.2 Å². The first-order valence-electron chi connectivity index (χ1n) is 6.73. The number of aromatic nitrogens is 3. The summed E-state index contributed by atoms with van der Waals surface area (Å²) in [6, 6.07) is 8.76. The summed E-state index contributed by atoms with van der Waals surface area (Å²) in [4.78, 5) is 0. The minimum absolute atomic E-state index is 0.184. The molecular formula is C15H22N4S. The van der Waals surface area contributed by atoms with Crippen molar-refractivity contribution in [2.24, 2.45) is 0 Å². The van der Waals surface area contributed by atoms with Crippen LogP contribution < -0.4 is 5.84 Å². The Morgan fingerprint density at radius 3 is 2.20 bits per heavy atom.